The van der Waals surface area contributed by atoms with Crippen LogP contribution in [0.1, 0.15) is 22.1 Å². The summed E-state index contributed by atoms with van der Waals surface area (Å²) in [6.07, 6.45) is 0. The zero-order valence-electron chi connectivity index (χ0n) is 9.85. The Hall–Kier alpha value is -0.280. The smallest absolute Gasteiger partial charge is 0.129 e. The molecule has 100 valence electrons. The summed E-state index contributed by atoms with van der Waals surface area (Å²) in [4.78, 5) is 0. The van der Waals surface area contributed by atoms with Gasteiger partial charge in [0.05, 0.1) is 10.4 Å². The maximum Gasteiger partial charge on any atom is 0.129 e. The second-order valence-electron chi connectivity index (χ2n) is 4.13. The van der Waals surface area contributed by atoms with Crippen molar-refractivity contribution in [3.63, 3.8) is 0 Å². The van der Waals surface area contributed by atoms with E-state index in [0.29, 0.717) is 25.6 Å². The largest absolute Gasteiger partial charge is 0.207 e. The van der Waals surface area contributed by atoms with Gasteiger partial charge in [0.1, 0.15) is 5.82 Å². The Bertz CT molecular complexity index is 628. The topological polar surface area (TPSA) is 0 Å². The van der Waals surface area contributed by atoms with Gasteiger partial charge in [-0.3, -0.25) is 0 Å². The summed E-state index contributed by atoms with van der Waals surface area (Å²) in [5.41, 5.74) is 1.87. The molecular weight excluding hydrogens is 373 g/mol. The molecule has 1 atom stereocenters. The highest BCUT2D eigenvalue weighted by atomic mass is 79.9. The molecule has 0 bridgehead atoms. The molecule has 0 nitrogen and oxygen atoms in total. The summed E-state index contributed by atoms with van der Waals surface area (Å²) < 4.78 is 14.5. The first-order valence-corrected chi connectivity index (χ1v) is 7.44. The van der Waals surface area contributed by atoms with Crippen LogP contribution in [0.4, 0.5) is 4.39 Å². The highest BCUT2D eigenvalue weighted by Crippen LogP contribution is 2.38. The second kappa shape index (κ2) is 6.01. The Morgan fingerprint density at radius 3 is 2.53 bits per heavy atom. The summed E-state index contributed by atoms with van der Waals surface area (Å²) in [7, 11) is 0. The van der Waals surface area contributed by atoms with Gasteiger partial charge in [-0.15, -0.1) is 11.6 Å². The SMILES string of the molecule is Cc1cccc(C(Cl)c2cc(Cl)c(Br)cc2F)c1Cl. The van der Waals surface area contributed by atoms with Gasteiger partial charge in [-0.05, 0) is 46.1 Å². The van der Waals surface area contributed by atoms with Crippen LogP contribution in [0.2, 0.25) is 10.0 Å². The van der Waals surface area contributed by atoms with Crippen LogP contribution in [0, 0.1) is 12.7 Å². The van der Waals surface area contributed by atoms with Crippen molar-refractivity contribution in [1.29, 1.82) is 0 Å². The fraction of sp³-hybridized carbons (Fsp3) is 0.143. The number of halogens is 5. The number of benzene rings is 2. The van der Waals surface area contributed by atoms with Gasteiger partial charge >= 0.3 is 0 Å². The van der Waals surface area contributed by atoms with E-state index >= 15 is 0 Å². The minimum atomic E-state index is -0.682. The fourth-order valence-corrected chi connectivity index (χ4v) is 2.89. The monoisotopic (exact) mass is 380 g/mol. The van der Waals surface area contributed by atoms with Crippen molar-refractivity contribution in [2.24, 2.45) is 0 Å². The first-order valence-electron chi connectivity index (χ1n) is 5.45. The predicted molar refractivity (Wildman–Crippen MR) is 83.0 cm³/mol. The minimum Gasteiger partial charge on any atom is -0.207 e. The van der Waals surface area contributed by atoms with Crippen LogP contribution in [-0.2, 0) is 0 Å². The third-order valence-corrected chi connectivity index (χ3v) is 4.99. The fourth-order valence-electron chi connectivity index (χ4n) is 1.77. The normalized spacial score (nSPS) is 12.5. The van der Waals surface area contributed by atoms with Gasteiger partial charge in [-0.1, -0.05) is 41.4 Å². The molecule has 0 spiro atoms. The Morgan fingerprint density at radius 2 is 1.84 bits per heavy atom. The zero-order chi connectivity index (χ0) is 14.2. The number of hydrogen-bond acceptors (Lipinski definition) is 0. The van der Waals surface area contributed by atoms with E-state index in [4.69, 9.17) is 34.8 Å². The van der Waals surface area contributed by atoms with Crippen molar-refractivity contribution in [1.82, 2.24) is 0 Å². The summed E-state index contributed by atoms with van der Waals surface area (Å²) >= 11 is 21.7. The van der Waals surface area contributed by atoms with Gasteiger partial charge in [0.25, 0.3) is 0 Å². The lowest BCUT2D eigenvalue weighted by Gasteiger charge is -2.15. The lowest BCUT2D eigenvalue weighted by Crippen LogP contribution is -1.99. The summed E-state index contributed by atoms with van der Waals surface area (Å²) in [5.74, 6) is -0.422. The molecule has 0 saturated carbocycles. The van der Waals surface area contributed by atoms with Crippen LogP contribution in [0.5, 0.6) is 0 Å². The van der Waals surface area contributed by atoms with E-state index in [1.165, 1.54) is 12.1 Å². The molecule has 0 aliphatic heterocycles. The van der Waals surface area contributed by atoms with Crippen molar-refractivity contribution >= 4 is 50.7 Å². The molecule has 0 fully saturated rings. The van der Waals surface area contributed by atoms with Crippen molar-refractivity contribution in [3.8, 4) is 0 Å². The standard InChI is InChI=1S/C14H9BrCl3F/c1-7-3-2-4-8(13(7)17)14(18)9-5-11(16)10(15)6-12(9)19/h2-6,14H,1H3. The van der Waals surface area contributed by atoms with Gasteiger partial charge in [-0.25, -0.2) is 4.39 Å². The highest BCUT2D eigenvalue weighted by Gasteiger charge is 2.20. The Balaban J connectivity index is 2.53. The molecule has 19 heavy (non-hydrogen) atoms. The number of rotatable bonds is 2. The highest BCUT2D eigenvalue weighted by molar-refractivity contribution is 9.10. The van der Waals surface area contributed by atoms with Gasteiger partial charge in [-0.2, -0.15) is 0 Å². The lowest BCUT2D eigenvalue weighted by atomic mass is 10.0. The van der Waals surface area contributed by atoms with E-state index in [-0.39, 0.29) is 0 Å². The molecule has 0 heterocycles. The molecule has 5 heteroatoms. The molecule has 0 amide bonds. The maximum atomic E-state index is 14.0. The van der Waals surface area contributed by atoms with E-state index in [9.17, 15) is 4.39 Å². The van der Waals surface area contributed by atoms with E-state index < -0.39 is 11.2 Å². The molecular formula is C14H9BrCl3F. The van der Waals surface area contributed by atoms with Gasteiger partial charge < -0.3 is 0 Å². The Morgan fingerprint density at radius 1 is 1.16 bits per heavy atom. The maximum absolute atomic E-state index is 14.0. The second-order valence-corrected chi connectivity index (χ2v) is 6.20. The lowest BCUT2D eigenvalue weighted by molar-refractivity contribution is 0.611. The minimum absolute atomic E-state index is 0.308. The average molecular weight is 382 g/mol. The van der Waals surface area contributed by atoms with E-state index in [2.05, 4.69) is 15.9 Å². The van der Waals surface area contributed by atoms with Crippen LogP contribution in [-0.4, -0.2) is 0 Å². The van der Waals surface area contributed by atoms with Crippen LogP contribution < -0.4 is 0 Å². The van der Waals surface area contributed by atoms with Crippen molar-refractivity contribution in [3.05, 3.63) is 67.4 Å². The molecule has 1 unspecified atom stereocenters. The van der Waals surface area contributed by atoms with Crippen LogP contribution in [0.25, 0.3) is 0 Å². The van der Waals surface area contributed by atoms with Crippen molar-refractivity contribution < 1.29 is 4.39 Å². The van der Waals surface area contributed by atoms with Crippen LogP contribution in [0.3, 0.4) is 0 Å². The van der Waals surface area contributed by atoms with Gasteiger partial charge in [0, 0.05) is 15.1 Å². The van der Waals surface area contributed by atoms with Crippen LogP contribution in [0.15, 0.2) is 34.8 Å². The molecule has 0 N–H and O–H groups in total. The molecule has 2 rings (SSSR count). The molecule has 2 aromatic carbocycles. The zero-order valence-corrected chi connectivity index (χ0v) is 13.7. The quantitative estimate of drug-likeness (QED) is 0.409. The average Bonchev–Trinajstić information content (AvgIpc) is 2.36. The first-order chi connectivity index (χ1) is 8.91. The number of hydrogen-bond donors (Lipinski definition) is 0. The number of alkyl halides is 1. The molecule has 0 aromatic heterocycles. The summed E-state index contributed by atoms with van der Waals surface area (Å²) in [6, 6.07) is 8.31. The van der Waals surface area contributed by atoms with Crippen molar-refractivity contribution in [2.45, 2.75) is 12.3 Å². The predicted octanol–water partition coefficient (Wildman–Crippen LogP) is 6.53. The molecule has 0 radical (unpaired) electrons. The Labute approximate surface area is 134 Å². The van der Waals surface area contributed by atoms with Crippen LogP contribution >= 0.6 is 50.7 Å². The third kappa shape index (κ3) is 3.08. The summed E-state index contributed by atoms with van der Waals surface area (Å²) in [6.45, 7) is 1.88. The first kappa shape index (κ1) is 15.1. The van der Waals surface area contributed by atoms with Gasteiger partial charge in [0.2, 0.25) is 0 Å². The molecule has 2 aromatic rings. The van der Waals surface area contributed by atoms with E-state index in [1.807, 2.05) is 19.1 Å². The van der Waals surface area contributed by atoms with E-state index in [0.717, 1.165) is 5.56 Å². The molecule has 0 aliphatic rings. The third-order valence-electron chi connectivity index (χ3n) is 2.81. The molecule has 0 saturated heterocycles. The van der Waals surface area contributed by atoms with E-state index in [1.54, 1.807) is 6.07 Å². The Kier molecular flexibility index (Phi) is 4.78. The number of aryl methyl sites for hydroxylation is 1. The summed E-state index contributed by atoms with van der Waals surface area (Å²) in [5, 5.41) is 0.268. The van der Waals surface area contributed by atoms with Crippen molar-refractivity contribution in [2.75, 3.05) is 0 Å². The molecule has 0 aliphatic carbocycles. The van der Waals surface area contributed by atoms with Gasteiger partial charge in [0.15, 0.2) is 0 Å².